The molecule has 0 spiro atoms. The van der Waals surface area contributed by atoms with Gasteiger partial charge in [-0.15, -0.1) is 0 Å². The zero-order valence-electron chi connectivity index (χ0n) is 14.3. The number of morpholine rings is 1. The van der Waals surface area contributed by atoms with Gasteiger partial charge in [-0.05, 0) is 37.7 Å². The minimum atomic E-state index is -1.07. The fraction of sp³-hybridized carbons (Fsp3) is 0.529. The van der Waals surface area contributed by atoms with Crippen LogP contribution in [0.5, 0.6) is 0 Å². The molecule has 0 radical (unpaired) electrons. The average molecular weight is 404 g/mol. The molecule has 1 atom stereocenters. The summed E-state index contributed by atoms with van der Waals surface area (Å²) in [5, 5.41) is 15.6. The minimum absolute atomic E-state index is 0.199. The van der Waals surface area contributed by atoms with Gasteiger partial charge in [-0.1, -0.05) is 23.2 Å². The molecule has 1 heterocycles. The van der Waals surface area contributed by atoms with Crippen LogP contribution >= 0.6 is 23.2 Å². The molecule has 26 heavy (non-hydrogen) atoms. The Hall–Kier alpha value is -1.38. The second-order valence-electron chi connectivity index (χ2n) is 6.03. The standard InChI is InChI=1S/C17H23Cl2N3O4/c18-12-2-3-13(19)14(10-12)21-16(23)11-15(17(24)25)20-4-1-5-22-6-8-26-9-7-22/h2-3,10,15,20H,1,4-9,11H2,(H,21,23)(H,24,25)/t15-/m1/s1. The Morgan fingerprint density at radius 2 is 2.00 bits per heavy atom. The van der Waals surface area contributed by atoms with E-state index in [0.717, 1.165) is 39.3 Å². The van der Waals surface area contributed by atoms with Crippen LogP contribution in [-0.2, 0) is 14.3 Å². The molecule has 0 aromatic heterocycles. The number of carboxylic acids is 1. The number of aliphatic carboxylic acids is 1. The number of hydrogen-bond donors (Lipinski definition) is 3. The number of hydrogen-bond acceptors (Lipinski definition) is 5. The van der Waals surface area contributed by atoms with Crippen LogP contribution in [0.2, 0.25) is 10.0 Å². The number of carbonyl (C=O) groups is 2. The Morgan fingerprint density at radius 1 is 1.27 bits per heavy atom. The smallest absolute Gasteiger partial charge is 0.321 e. The first kappa shape index (κ1) is 20.9. The number of halogens is 2. The van der Waals surface area contributed by atoms with Crippen molar-refractivity contribution in [2.75, 3.05) is 44.7 Å². The average Bonchev–Trinajstić information content (AvgIpc) is 2.61. The van der Waals surface area contributed by atoms with Gasteiger partial charge in [0.1, 0.15) is 6.04 Å². The molecule has 1 aliphatic rings. The number of amides is 1. The summed E-state index contributed by atoms with van der Waals surface area (Å²) in [6, 6.07) is 3.73. The summed E-state index contributed by atoms with van der Waals surface area (Å²) in [5.74, 6) is -1.51. The van der Waals surface area contributed by atoms with E-state index in [0.29, 0.717) is 22.3 Å². The summed E-state index contributed by atoms with van der Waals surface area (Å²) in [6.45, 7) is 4.64. The van der Waals surface area contributed by atoms with Gasteiger partial charge in [0.2, 0.25) is 5.91 Å². The molecule has 3 N–H and O–H groups in total. The predicted molar refractivity (Wildman–Crippen MR) is 101 cm³/mol. The van der Waals surface area contributed by atoms with Gasteiger partial charge < -0.3 is 20.5 Å². The van der Waals surface area contributed by atoms with E-state index >= 15 is 0 Å². The van der Waals surface area contributed by atoms with Crippen LogP contribution in [0.25, 0.3) is 0 Å². The Bertz CT molecular complexity index is 624. The van der Waals surface area contributed by atoms with Gasteiger partial charge in [-0.25, -0.2) is 0 Å². The van der Waals surface area contributed by atoms with Crippen LogP contribution in [0.4, 0.5) is 5.69 Å². The molecule has 9 heteroatoms. The van der Waals surface area contributed by atoms with Gasteiger partial charge in [0.05, 0.1) is 30.3 Å². The normalized spacial score (nSPS) is 16.2. The Kier molecular flexibility index (Phi) is 8.61. The van der Waals surface area contributed by atoms with E-state index in [4.69, 9.17) is 27.9 Å². The van der Waals surface area contributed by atoms with Crippen molar-refractivity contribution in [2.45, 2.75) is 18.9 Å². The highest BCUT2D eigenvalue weighted by Gasteiger charge is 2.21. The Balaban J connectivity index is 1.76. The molecule has 2 rings (SSSR count). The van der Waals surface area contributed by atoms with Gasteiger partial charge in [0.15, 0.2) is 0 Å². The molecule has 0 bridgehead atoms. The van der Waals surface area contributed by atoms with Crippen molar-refractivity contribution < 1.29 is 19.4 Å². The third-order valence-electron chi connectivity index (χ3n) is 4.04. The zero-order valence-corrected chi connectivity index (χ0v) is 15.9. The molecule has 1 amide bonds. The maximum atomic E-state index is 12.1. The lowest BCUT2D eigenvalue weighted by atomic mass is 10.2. The lowest BCUT2D eigenvalue weighted by Crippen LogP contribution is -2.42. The zero-order chi connectivity index (χ0) is 18.9. The maximum Gasteiger partial charge on any atom is 0.321 e. The van der Waals surface area contributed by atoms with Crippen LogP contribution in [0, 0.1) is 0 Å². The molecule has 0 aliphatic carbocycles. The lowest BCUT2D eigenvalue weighted by Gasteiger charge is -2.26. The second-order valence-corrected chi connectivity index (χ2v) is 6.87. The van der Waals surface area contributed by atoms with Crippen molar-refractivity contribution in [3.05, 3.63) is 28.2 Å². The van der Waals surface area contributed by atoms with E-state index in [1.165, 1.54) is 6.07 Å². The molecule has 1 aromatic carbocycles. The highest BCUT2D eigenvalue weighted by Crippen LogP contribution is 2.25. The molecule has 1 aromatic rings. The van der Waals surface area contributed by atoms with Crippen molar-refractivity contribution in [3.8, 4) is 0 Å². The highest BCUT2D eigenvalue weighted by molar-refractivity contribution is 6.35. The molecule has 1 aliphatic heterocycles. The van der Waals surface area contributed by atoms with Gasteiger partial charge in [-0.3, -0.25) is 14.5 Å². The Labute approximate surface area is 162 Å². The summed E-state index contributed by atoms with van der Waals surface area (Å²) in [5.41, 5.74) is 0.362. The largest absolute Gasteiger partial charge is 0.480 e. The van der Waals surface area contributed by atoms with Gasteiger partial charge in [0.25, 0.3) is 0 Å². The number of carboxylic acid groups (broad SMARTS) is 1. The first-order valence-electron chi connectivity index (χ1n) is 8.47. The molecular weight excluding hydrogens is 381 g/mol. The van der Waals surface area contributed by atoms with E-state index in [1.54, 1.807) is 12.1 Å². The molecule has 0 unspecified atom stereocenters. The molecule has 0 saturated carbocycles. The number of anilines is 1. The number of ether oxygens (including phenoxy) is 1. The fourth-order valence-electron chi connectivity index (χ4n) is 2.63. The fourth-order valence-corrected chi connectivity index (χ4v) is 2.97. The van der Waals surface area contributed by atoms with Crippen LogP contribution in [-0.4, -0.2) is 67.3 Å². The van der Waals surface area contributed by atoms with Crippen LogP contribution in [0.1, 0.15) is 12.8 Å². The maximum absolute atomic E-state index is 12.1. The monoisotopic (exact) mass is 403 g/mol. The van der Waals surface area contributed by atoms with Crippen LogP contribution in [0.3, 0.4) is 0 Å². The minimum Gasteiger partial charge on any atom is -0.480 e. The van der Waals surface area contributed by atoms with Crippen LogP contribution < -0.4 is 10.6 Å². The number of carbonyl (C=O) groups excluding carboxylic acids is 1. The third kappa shape index (κ3) is 7.09. The molecule has 144 valence electrons. The van der Waals surface area contributed by atoms with Crippen LogP contribution in [0.15, 0.2) is 18.2 Å². The third-order valence-corrected chi connectivity index (χ3v) is 4.60. The number of rotatable bonds is 9. The summed E-state index contributed by atoms with van der Waals surface area (Å²) in [6.07, 6.45) is 0.598. The first-order chi connectivity index (χ1) is 12.5. The molecule has 1 fully saturated rings. The summed E-state index contributed by atoms with van der Waals surface area (Å²) < 4.78 is 5.29. The number of nitrogens with one attached hydrogen (secondary N) is 2. The summed E-state index contributed by atoms with van der Waals surface area (Å²) in [4.78, 5) is 25.8. The SMILES string of the molecule is O=C(C[C@@H](NCCCN1CCOCC1)C(=O)O)Nc1cc(Cl)ccc1Cl. The summed E-state index contributed by atoms with van der Waals surface area (Å²) >= 11 is 11.9. The van der Waals surface area contributed by atoms with Gasteiger partial charge in [-0.2, -0.15) is 0 Å². The van der Waals surface area contributed by atoms with Crippen molar-refractivity contribution in [1.82, 2.24) is 10.2 Å². The number of benzene rings is 1. The molecular formula is C17H23Cl2N3O4. The molecule has 7 nitrogen and oxygen atoms in total. The topological polar surface area (TPSA) is 90.9 Å². The van der Waals surface area contributed by atoms with Crippen molar-refractivity contribution in [3.63, 3.8) is 0 Å². The van der Waals surface area contributed by atoms with Gasteiger partial charge >= 0.3 is 5.97 Å². The van der Waals surface area contributed by atoms with Crippen molar-refractivity contribution in [1.29, 1.82) is 0 Å². The quantitative estimate of drug-likeness (QED) is 0.546. The van der Waals surface area contributed by atoms with Crippen molar-refractivity contribution in [2.24, 2.45) is 0 Å². The van der Waals surface area contributed by atoms with E-state index in [-0.39, 0.29) is 6.42 Å². The first-order valence-corrected chi connectivity index (χ1v) is 9.22. The van der Waals surface area contributed by atoms with Gasteiger partial charge in [0, 0.05) is 18.1 Å². The van der Waals surface area contributed by atoms with E-state index in [2.05, 4.69) is 15.5 Å². The van der Waals surface area contributed by atoms with E-state index < -0.39 is 17.9 Å². The lowest BCUT2D eigenvalue weighted by molar-refractivity contribution is -0.141. The van der Waals surface area contributed by atoms with Crippen molar-refractivity contribution >= 4 is 40.8 Å². The van der Waals surface area contributed by atoms with E-state index in [9.17, 15) is 14.7 Å². The second kappa shape index (κ2) is 10.7. The van der Waals surface area contributed by atoms with E-state index in [1.807, 2.05) is 0 Å². The Morgan fingerprint density at radius 3 is 2.69 bits per heavy atom. The number of nitrogens with zero attached hydrogens (tertiary/aromatic N) is 1. The highest BCUT2D eigenvalue weighted by atomic mass is 35.5. The molecule has 1 saturated heterocycles. The predicted octanol–water partition coefficient (Wildman–Crippen LogP) is 2.09. The summed E-state index contributed by atoms with van der Waals surface area (Å²) in [7, 11) is 0.